The molecule has 2 atom stereocenters. The van der Waals surface area contributed by atoms with E-state index < -0.39 is 9.84 Å². The van der Waals surface area contributed by atoms with Crippen LogP contribution in [-0.2, 0) is 14.6 Å². The second-order valence-corrected chi connectivity index (χ2v) is 6.90. The highest BCUT2D eigenvalue weighted by molar-refractivity contribution is 7.91. The van der Waals surface area contributed by atoms with Gasteiger partial charge in [-0.15, -0.1) is 0 Å². The van der Waals surface area contributed by atoms with Crippen molar-refractivity contribution in [2.75, 3.05) is 31.1 Å². The van der Waals surface area contributed by atoms with Gasteiger partial charge >= 0.3 is 0 Å². The first kappa shape index (κ1) is 12.8. The van der Waals surface area contributed by atoms with E-state index in [1.54, 1.807) is 0 Å². The smallest absolute Gasteiger partial charge is 0.238 e. The maximum Gasteiger partial charge on any atom is 0.238 e. The maximum atomic E-state index is 11.9. The maximum absolute atomic E-state index is 11.9. The number of amides is 1. The Labute approximate surface area is 101 Å². The largest absolute Gasteiger partial charge is 0.351 e. The molecule has 2 aliphatic heterocycles. The summed E-state index contributed by atoms with van der Waals surface area (Å²) in [5.74, 6) is 0.237. The third kappa shape index (κ3) is 3.65. The molecule has 2 rings (SSSR count). The van der Waals surface area contributed by atoms with Crippen molar-refractivity contribution >= 4 is 15.7 Å². The molecule has 0 radical (unpaired) electrons. The van der Waals surface area contributed by atoms with Crippen molar-refractivity contribution < 1.29 is 13.2 Å². The fraction of sp³-hybridized carbons (Fsp3) is 0.900. The summed E-state index contributed by atoms with van der Waals surface area (Å²) in [6.45, 7) is 2.23. The van der Waals surface area contributed by atoms with E-state index in [4.69, 9.17) is 0 Å². The van der Waals surface area contributed by atoms with Crippen molar-refractivity contribution in [2.24, 2.45) is 0 Å². The second-order valence-electron chi connectivity index (χ2n) is 4.67. The lowest BCUT2D eigenvalue weighted by atomic mass is 10.1. The van der Waals surface area contributed by atoms with E-state index in [1.807, 2.05) is 0 Å². The average Bonchev–Trinajstić information content (AvgIpc) is 2.29. The summed E-state index contributed by atoms with van der Waals surface area (Å²) in [5.41, 5.74) is 0. The normalized spacial score (nSPS) is 32.9. The molecule has 98 valence electrons. The first-order valence-electron chi connectivity index (χ1n) is 6.02. The molecule has 6 nitrogen and oxygen atoms in total. The van der Waals surface area contributed by atoms with Gasteiger partial charge in [0.05, 0.1) is 17.5 Å². The van der Waals surface area contributed by atoms with Crippen molar-refractivity contribution in [3.63, 3.8) is 0 Å². The minimum Gasteiger partial charge on any atom is -0.351 e. The van der Waals surface area contributed by atoms with E-state index in [9.17, 15) is 13.2 Å². The minimum atomic E-state index is -2.96. The highest BCUT2D eigenvalue weighted by atomic mass is 32.2. The molecule has 0 saturated carbocycles. The molecule has 2 unspecified atom stereocenters. The number of piperazine rings is 1. The van der Waals surface area contributed by atoms with Crippen molar-refractivity contribution in [3.8, 4) is 0 Å². The summed E-state index contributed by atoms with van der Waals surface area (Å²) in [6, 6.07) is -0.460. The molecule has 7 heteroatoms. The Morgan fingerprint density at radius 1 is 1.29 bits per heavy atom. The molecule has 2 saturated heterocycles. The molecule has 17 heavy (non-hydrogen) atoms. The summed E-state index contributed by atoms with van der Waals surface area (Å²) in [7, 11) is -2.96. The molecule has 0 bridgehead atoms. The van der Waals surface area contributed by atoms with Crippen molar-refractivity contribution in [1.29, 1.82) is 0 Å². The van der Waals surface area contributed by atoms with Gasteiger partial charge in [0.2, 0.25) is 5.91 Å². The number of rotatable bonds is 2. The van der Waals surface area contributed by atoms with Crippen LogP contribution in [0.2, 0.25) is 0 Å². The fourth-order valence-electron chi connectivity index (χ4n) is 2.28. The van der Waals surface area contributed by atoms with Gasteiger partial charge in [-0.1, -0.05) is 0 Å². The van der Waals surface area contributed by atoms with Crippen LogP contribution >= 0.6 is 0 Å². The molecule has 3 N–H and O–H groups in total. The van der Waals surface area contributed by atoms with Crippen LogP contribution in [-0.4, -0.2) is 57.5 Å². The Bertz CT molecular complexity index is 376. The van der Waals surface area contributed by atoms with Crippen molar-refractivity contribution in [3.05, 3.63) is 0 Å². The Morgan fingerprint density at radius 3 is 2.76 bits per heavy atom. The fourth-order valence-corrected chi connectivity index (χ4v) is 3.91. The number of hydrogen-bond acceptors (Lipinski definition) is 5. The van der Waals surface area contributed by atoms with Crippen LogP contribution in [0.25, 0.3) is 0 Å². The zero-order valence-corrected chi connectivity index (χ0v) is 10.6. The molecule has 0 spiro atoms. The number of sulfone groups is 1. The van der Waals surface area contributed by atoms with Gasteiger partial charge in [-0.3, -0.25) is 4.79 Å². The zero-order valence-electron chi connectivity index (χ0n) is 9.74. The van der Waals surface area contributed by atoms with Gasteiger partial charge in [0, 0.05) is 25.7 Å². The van der Waals surface area contributed by atoms with Crippen LogP contribution in [0.1, 0.15) is 12.8 Å². The quantitative estimate of drug-likeness (QED) is 0.548. The Balaban J connectivity index is 1.85. The molecule has 0 aliphatic carbocycles. The highest BCUT2D eigenvalue weighted by Crippen LogP contribution is 2.12. The van der Waals surface area contributed by atoms with E-state index in [-0.39, 0.29) is 29.5 Å². The molecule has 0 aromatic rings. The van der Waals surface area contributed by atoms with Gasteiger partial charge in [0.1, 0.15) is 0 Å². The molecule has 2 aliphatic rings. The molecule has 0 aromatic heterocycles. The SMILES string of the molecule is O=C(NC1CCCS(=O)(=O)C1)C1CNCCN1. The van der Waals surface area contributed by atoms with E-state index in [1.165, 1.54) is 0 Å². The zero-order chi connectivity index (χ0) is 12.3. The lowest BCUT2D eigenvalue weighted by molar-refractivity contribution is -0.123. The second kappa shape index (κ2) is 5.32. The van der Waals surface area contributed by atoms with Crippen LogP contribution in [0.4, 0.5) is 0 Å². The van der Waals surface area contributed by atoms with Gasteiger partial charge in [0.15, 0.2) is 9.84 Å². The highest BCUT2D eigenvalue weighted by Gasteiger charge is 2.28. The third-order valence-electron chi connectivity index (χ3n) is 3.17. The number of nitrogens with one attached hydrogen (secondary N) is 3. The van der Waals surface area contributed by atoms with Gasteiger partial charge in [0.25, 0.3) is 0 Å². The van der Waals surface area contributed by atoms with E-state index in [2.05, 4.69) is 16.0 Å². The van der Waals surface area contributed by atoms with Crippen LogP contribution in [0.15, 0.2) is 0 Å². The van der Waals surface area contributed by atoms with Gasteiger partial charge in [-0.05, 0) is 12.8 Å². The van der Waals surface area contributed by atoms with Crippen LogP contribution in [0, 0.1) is 0 Å². The number of carbonyl (C=O) groups excluding carboxylic acids is 1. The predicted molar refractivity (Wildman–Crippen MR) is 64.5 cm³/mol. The van der Waals surface area contributed by atoms with E-state index >= 15 is 0 Å². The van der Waals surface area contributed by atoms with Gasteiger partial charge in [-0.2, -0.15) is 0 Å². The Morgan fingerprint density at radius 2 is 2.12 bits per heavy atom. The lowest BCUT2D eigenvalue weighted by Crippen LogP contribution is -2.58. The predicted octanol–water partition coefficient (Wildman–Crippen LogP) is -1.76. The van der Waals surface area contributed by atoms with Crippen LogP contribution < -0.4 is 16.0 Å². The van der Waals surface area contributed by atoms with E-state index in [0.717, 1.165) is 19.5 Å². The summed E-state index contributed by atoms with van der Waals surface area (Å²) in [4.78, 5) is 11.9. The first-order valence-corrected chi connectivity index (χ1v) is 7.84. The van der Waals surface area contributed by atoms with Gasteiger partial charge in [-0.25, -0.2) is 8.42 Å². The summed E-state index contributed by atoms with van der Waals surface area (Å²) in [5, 5.41) is 9.06. The van der Waals surface area contributed by atoms with Crippen molar-refractivity contribution in [2.45, 2.75) is 24.9 Å². The summed E-state index contributed by atoms with van der Waals surface area (Å²) >= 11 is 0. The molecule has 1 amide bonds. The van der Waals surface area contributed by atoms with Crippen molar-refractivity contribution in [1.82, 2.24) is 16.0 Å². The average molecular weight is 261 g/mol. The Kier molecular flexibility index (Phi) is 4.01. The summed E-state index contributed by atoms with van der Waals surface area (Å²) < 4.78 is 22.9. The summed E-state index contributed by atoms with van der Waals surface area (Å²) in [6.07, 6.45) is 1.40. The topological polar surface area (TPSA) is 87.3 Å². The lowest BCUT2D eigenvalue weighted by Gasteiger charge is -2.28. The molecular weight excluding hydrogens is 242 g/mol. The third-order valence-corrected chi connectivity index (χ3v) is 4.99. The number of carbonyl (C=O) groups is 1. The minimum absolute atomic E-state index is 0.0822. The monoisotopic (exact) mass is 261 g/mol. The molecule has 2 heterocycles. The van der Waals surface area contributed by atoms with Crippen LogP contribution in [0.3, 0.4) is 0 Å². The van der Waals surface area contributed by atoms with Gasteiger partial charge < -0.3 is 16.0 Å². The van der Waals surface area contributed by atoms with Crippen LogP contribution in [0.5, 0.6) is 0 Å². The first-order chi connectivity index (χ1) is 8.07. The number of hydrogen-bond donors (Lipinski definition) is 3. The standard InChI is InChI=1S/C10H19N3O3S/c14-10(9-6-11-3-4-12-9)13-8-2-1-5-17(15,16)7-8/h8-9,11-12H,1-7H2,(H,13,14). The Hall–Kier alpha value is -0.660. The molecule has 2 fully saturated rings. The van der Waals surface area contributed by atoms with E-state index in [0.29, 0.717) is 13.0 Å². The molecular formula is C10H19N3O3S. The molecule has 0 aromatic carbocycles.